The van der Waals surface area contributed by atoms with Gasteiger partial charge in [-0.25, -0.2) is 0 Å². The minimum absolute atomic E-state index is 0.923. The molecule has 3 heteroatoms. The highest BCUT2D eigenvalue weighted by Gasteiger charge is 2.18. The second kappa shape index (κ2) is 6.25. The zero-order chi connectivity index (χ0) is 21.5. The van der Waals surface area contributed by atoms with Gasteiger partial charge >= 0.3 is 0 Å². The van der Waals surface area contributed by atoms with Crippen LogP contribution in [0.1, 0.15) is 0 Å². The summed E-state index contributed by atoms with van der Waals surface area (Å²) in [4.78, 5) is 0. The number of benzene rings is 5. The summed E-state index contributed by atoms with van der Waals surface area (Å²) in [6.45, 7) is 0. The van der Waals surface area contributed by atoms with Crippen molar-refractivity contribution in [2.45, 2.75) is 0 Å². The van der Waals surface area contributed by atoms with Gasteiger partial charge in [0.25, 0.3) is 0 Å². The van der Waals surface area contributed by atoms with Gasteiger partial charge < -0.3 is 8.98 Å². The van der Waals surface area contributed by atoms with E-state index in [-0.39, 0.29) is 0 Å². The van der Waals surface area contributed by atoms with Crippen molar-refractivity contribution in [2.24, 2.45) is 0 Å². The van der Waals surface area contributed by atoms with Gasteiger partial charge in [0, 0.05) is 47.4 Å². The van der Waals surface area contributed by atoms with Crippen LogP contribution in [0.5, 0.6) is 0 Å². The molecule has 0 amide bonds. The van der Waals surface area contributed by atoms with Crippen LogP contribution in [-0.2, 0) is 0 Å². The molecule has 154 valence electrons. The van der Waals surface area contributed by atoms with Gasteiger partial charge in [-0.15, -0.1) is 11.3 Å². The normalized spacial score (nSPS) is 12.2. The van der Waals surface area contributed by atoms with Crippen molar-refractivity contribution in [1.29, 1.82) is 0 Å². The molecule has 3 heterocycles. The standard InChI is InChI=1S/C30H17NOS/c1-4-10-23-20(8-1)29-24(14-16-28-30(29)21-9-3-6-12-27(21)33-28)31(23)18-13-15-26-22(17-18)19-7-2-5-11-25(19)32-26/h1-17H. The zero-order valence-electron chi connectivity index (χ0n) is 17.6. The van der Waals surface area contributed by atoms with E-state index in [0.29, 0.717) is 0 Å². The Hall–Kier alpha value is -4.08. The van der Waals surface area contributed by atoms with Crippen LogP contribution in [0, 0.1) is 0 Å². The van der Waals surface area contributed by atoms with Crippen LogP contribution in [0.15, 0.2) is 108 Å². The van der Waals surface area contributed by atoms with Crippen molar-refractivity contribution < 1.29 is 4.42 Å². The Morgan fingerprint density at radius 3 is 2.21 bits per heavy atom. The Kier molecular flexibility index (Phi) is 3.31. The molecule has 0 saturated carbocycles. The Labute approximate surface area is 192 Å². The third-order valence-corrected chi connectivity index (χ3v) is 7.93. The van der Waals surface area contributed by atoms with Gasteiger partial charge in [0.15, 0.2) is 0 Å². The molecule has 33 heavy (non-hydrogen) atoms. The maximum Gasteiger partial charge on any atom is 0.135 e. The molecule has 8 rings (SSSR count). The van der Waals surface area contributed by atoms with Gasteiger partial charge in [-0.05, 0) is 48.5 Å². The molecule has 2 nitrogen and oxygen atoms in total. The third kappa shape index (κ3) is 2.27. The predicted octanol–water partition coefficient (Wildman–Crippen LogP) is 9.05. The van der Waals surface area contributed by atoms with Crippen LogP contribution < -0.4 is 0 Å². The van der Waals surface area contributed by atoms with Gasteiger partial charge in [0.1, 0.15) is 11.2 Å². The van der Waals surface area contributed by atoms with Gasteiger partial charge in [-0.2, -0.15) is 0 Å². The molecule has 0 bridgehead atoms. The fourth-order valence-electron chi connectivity index (χ4n) is 5.41. The first-order valence-electron chi connectivity index (χ1n) is 11.1. The summed E-state index contributed by atoms with van der Waals surface area (Å²) >= 11 is 1.87. The maximum atomic E-state index is 6.09. The van der Waals surface area contributed by atoms with Gasteiger partial charge in [0.2, 0.25) is 0 Å². The number of thiophene rings is 1. The van der Waals surface area contributed by atoms with Gasteiger partial charge in [-0.3, -0.25) is 0 Å². The van der Waals surface area contributed by atoms with Crippen molar-refractivity contribution in [3.63, 3.8) is 0 Å². The highest BCUT2D eigenvalue weighted by atomic mass is 32.1. The average Bonchev–Trinajstić information content (AvgIpc) is 3.52. The first-order valence-corrected chi connectivity index (χ1v) is 11.9. The molecule has 0 N–H and O–H groups in total. The van der Waals surface area contributed by atoms with Crippen LogP contribution in [0.3, 0.4) is 0 Å². The minimum Gasteiger partial charge on any atom is -0.456 e. The van der Waals surface area contributed by atoms with E-state index in [4.69, 9.17) is 4.42 Å². The number of nitrogens with zero attached hydrogens (tertiary/aromatic N) is 1. The van der Waals surface area contributed by atoms with E-state index in [2.05, 4.69) is 95.6 Å². The van der Waals surface area contributed by atoms with Crippen molar-refractivity contribution in [3.05, 3.63) is 103 Å². The Morgan fingerprint density at radius 1 is 0.515 bits per heavy atom. The zero-order valence-corrected chi connectivity index (χ0v) is 18.4. The van der Waals surface area contributed by atoms with E-state index >= 15 is 0 Å². The monoisotopic (exact) mass is 439 g/mol. The molecule has 0 saturated heterocycles. The summed E-state index contributed by atoms with van der Waals surface area (Å²) in [5.74, 6) is 0. The van der Waals surface area contributed by atoms with Crippen LogP contribution in [0.25, 0.3) is 69.6 Å². The van der Waals surface area contributed by atoms with E-state index in [1.165, 1.54) is 42.0 Å². The highest BCUT2D eigenvalue weighted by Crippen LogP contribution is 2.43. The van der Waals surface area contributed by atoms with E-state index in [1.807, 2.05) is 23.5 Å². The molecule has 0 aliphatic rings. The summed E-state index contributed by atoms with van der Waals surface area (Å²) < 4.78 is 11.2. The van der Waals surface area contributed by atoms with E-state index in [1.54, 1.807) is 0 Å². The number of aromatic nitrogens is 1. The number of furan rings is 1. The maximum absolute atomic E-state index is 6.09. The van der Waals surface area contributed by atoms with Gasteiger partial charge in [-0.1, -0.05) is 54.6 Å². The second-order valence-corrected chi connectivity index (χ2v) is 9.65. The molecule has 0 radical (unpaired) electrons. The number of rotatable bonds is 1. The topological polar surface area (TPSA) is 18.1 Å². The molecule has 3 aromatic heterocycles. The summed E-state index contributed by atoms with van der Waals surface area (Å²) in [5, 5.41) is 7.62. The molecule has 0 aliphatic heterocycles. The van der Waals surface area contributed by atoms with Crippen LogP contribution in [0.2, 0.25) is 0 Å². The van der Waals surface area contributed by atoms with Gasteiger partial charge in [0.05, 0.1) is 11.0 Å². The fourth-order valence-corrected chi connectivity index (χ4v) is 6.52. The number of fused-ring (bicyclic) bond motifs is 10. The lowest BCUT2D eigenvalue weighted by atomic mass is 10.1. The van der Waals surface area contributed by atoms with E-state index in [0.717, 1.165) is 27.6 Å². The summed E-state index contributed by atoms with van der Waals surface area (Å²) in [6.07, 6.45) is 0. The number of hydrogen-bond acceptors (Lipinski definition) is 2. The molecule has 0 unspecified atom stereocenters. The van der Waals surface area contributed by atoms with Crippen molar-refractivity contribution in [1.82, 2.24) is 4.57 Å². The Balaban J connectivity index is 1.55. The average molecular weight is 440 g/mol. The fraction of sp³-hybridized carbons (Fsp3) is 0. The minimum atomic E-state index is 0.923. The van der Waals surface area contributed by atoms with Crippen molar-refractivity contribution >= 4 is 75.3 Å². The summed E-state index contributed by atoms with van der Waals surface area (Å²) in [7, 11) is 0. The Bertz CT molecular complexity index is 2040. The second-order valence-electron chi connectivity index (χ2n) is 8.56. The molecule has 0 fully saturated rings. The molecular weight excluding hydrogens is 422 g/mol. The molecular formula is C30H17NOS. The van der Waals surface area contributed by atoms with Crippen LogP contribution >= 0.6 is 11.3 Å². The SMILES string of the molecule is c1ccc2c(c1)oc1ccc(-n3c4ccccc4c4c5c(ccc43)sc3ccccc35)cc12. The molecule has 0 spiro atoms. The summed E-state index contributed by atoms with van der Waals surface area (Å²) in [6, 6.07) is 36.9. The van der Waals surface area contributed by atoms with Crippen LogP contribution in [-0.4, -0.2) is 4.57 Å². The summed E-state index contributed by atoms with van der Waals surface area (Å²) in [5.41, 5.74) is 5.46. The first-order chi connectivity index (χ1) is 16.4. The number of para-hydroxylation sites is 2. The lowest BCUT2D eigenvalue weighted by Crippen LogP contribution is -1.93. The smallest absolute Gasteiger partial charge is 0.135 e. The molecule has 0 aliphatic carbocycles. The Morgan fingerprint density at radius 2 is 1.27 bits per heavy atom. The predicted molar refractivity (Wildman–Crippen MR) is 141 cm³/mol. The molecule has 8 aromatic rings. The van der Waals surface area contributed by atoms with Crippen molar-refractivity contribution in [2.75, 3.05) is 0 Å². The van der Waals surface area contributed by atoms with E-state index < -0.39 is 0 Å². The first kappa shape index (κ1) is 17.5. The highest BCUT2D eigenvalue weighted by molar-refractivity contribution is 7.26. The lowest BCUT2D eigenvalue weighted by molar-refractivity contribution is 0.669. The largest absolute Gasteiger partial charge is 0.456 e. The molecule has 5 aromatic carbocycles. The van der Waals surface area contributed by atoms with Crippen molar-refractivity contribution in [3.8, 4) is 5.69 Å². The number of hydrogen-bond donors (Lipinski definition) is 0. The molecule has 0 atom stereocenters. The third-order valence-electron chi connectivity index (χ3n) is 6.80. The van der Waals surface area contributed by atoms with Crippen LogP contribution in [0.4, 0.5) is 0 Å². The lowest BCUT2D eigenvalue weighted by Gasteiger charge is -2.08. The van der Waals surface area contributed by atoms with E-state index in [9.17, 15) is 0 Å². The quantitative estimate of drug-likeness (QED) is 0.249.